The van der Waals surface area contributed by atoms with Crippen LogP contribution in [0.2, 0.25) is 0 Å². The van der Waals surface area contributed by atoms with Crippen molar-refractivity contribution >= 4 is 33.0 Å². The van der Waals surface area contributed by atoms with Gasteiger partial charge in [-0.2, -0.15) is 0 Å². The number of nitrogens with one attached hydrogen (secondary N) is 2. The van der Waals surface area contributed by atoms with E-state index in [0.717, 1.165) is 69.4 Å². The third-order valence-corrected chi connectivity index (χ3v) is 10.2. The molecule has 0 unspecified atom stereocenters. The van der Waals surface area contributed by atoms with E-state index in [-0.39, 0.29) is 30.1 Å². The van der Waals surface area contributed by atoms with Gasteiger partial charge in [0.25, 0.3) is 5.91 Å². The number of hydrogen-bond acceptors (Lipinski definition) is 8. The average Bonchev–Trinajstić information content (AvgIpc) is 3.55. The SMILES string of the molecule is CN1CCc2cc(C(=O)Nc3ccc(S(=O)(=O)NCCO)cc3N3CCC4(CC3)CC4)nc(OC3CCC3)c21. The second kappa shape index (κ2) is 10.3. The number of aromatic nitrogens is 1. The van der Waals surface area contributed by atoms with Gasteiger partial charge in [-0.3, -0.25) is 4.79 Å². The summed E-state index contributed by atoms with van der Waals surface area (Å²) in [7, 11) is -1.78. The Morgan fingerprint density at radius 2 is 1.92 bits per heavy atom. The molecular formula is C28H37N5O5S. The van der Waals surface area contributed by atoms with E-state index in [0.29, 0.717) is 28.4 Å². The molecule has 3 N–H and O–H groups in total. The Labute approximate surface area is 229 Å². The molecule has 2 aliphatic heterocycles. The number of hydrogen-bond donors (Lipinski definition) is 3. The van der Waals surface area contributed by atoms with Gasteiger partial charge in [-0.15, -0.1) is 0 Å². The van der Waals surface area contributed by atoms with Crippen molar-refractivity contribution < 1.29 is 23.1 Å². The Bertz CT molecular complexity index is 1360. The Balaban J connectivity index is 1.30. The van der Waals surface area contributed by atoms with Crippen molar-refractivity contribution in [2.45, 2.75) is 62.4 Å². The summed E-state index contributed by atoms with van der Waals surface area (Å²) in [5.41, 5.74) is 3.98. The number of carbonyl (C=O) groups is 1. The third kappa shape index (κ3) is 5.31. The number of carbonyl (C=O) groups excluding carboxylic acids is 1. The minimum Gasteiger partial charge on any atom is -0.473 e. The number of anilines is 3. The van der Waals surface area contributed by atoms with Crippen LogP contribution in [0.4, 0.5) is 17.1 Å². The molecule has 3 heterocycles. The molecule has 0 atom stereocenters. The number of amides is 1. The van der Waals surface area contributed by atoms with Crippen molar-refractivity contribution in [3.63, 3.8) is 0 Å². The number of ether oxygens (including phenoxy) is 1. The molecule has 1 aromatic heterocycles. The van der Waals surface area contributed by atoms with Crippen LogP contribution in [-0.2, 0) is 16.4 Å². The molecule has 1 aromatic carbocycles. The number of nitrogens with zero attached hydrogens (tertiary/aromatic N) is 3. The van der Waals surface area contributed by atoms with Crippen molar-refractivity contribution in [3.05, 3.63) is 35.5 Å². The molecule has 1 amide bonds. The van der Waals surface area contributed by atoms with E-state index < -0.39 is 10.0 Å². The van der Waals surface area contributed by atoms with Gasteiger partial charge in [0.05, 0.1) is 22.9 Å². The standard InChI is InChI=1S/C28H37N5O5S/c1-32-13-7-19-17-23(31-27(25(19)32)38-20-3-2-4-20)26(35)30-22-6-5-21(39(36,37)29-12-16-34)18-24(22)33-14-10-28(8-9-28)11-15-33/h5-6,17-18,20,29,34H,2-4,7-16H2,1H3,(H,30,35). The van der Waals surface area contributed by atoms with Gasteiger partial charge in [-0.1, -0.05) is 0 Å². The van der Waals surface area contributed by atoms with Crippen LogP contribution in [-0.4, -0.2) is 70.4 Å². The summed E-state index contributed by atoms with van der Waals surface area (Å²) in [5, 5.41) is 12.1. The molecule has 1 saturated heterocycles. The minimum atomic E-state index is -3.80. The van der Waals surface area contributed by atoms with Crippen LogP contribution >= 0.6 is 0 Å². The monoisotopic (exact) mass is 555 g/mol. The highest BCUT2D eigenvalue weighted by atomic mass is 32.2. The number of piperidine rings is 1. The number of aliphatic hydroxyl groups is 1. The second-order valence-electron chi connectivity index (χ2n) is 11.4. The van der Waals surface area contributed by atoms with E-state index in [1.165, 1.54) is 18.9 Å². The Hall–Kier alpha value is -2.89. The molecule has 2 aromatic rings. The lowest BCUT2D eigenvalue weighted by molar-refractivity contribution is 0.100. The van der Waals surface area contributed by atoms with Gasteiger partial charge < -0.3 is 25.0 Å². The van der Waals surface area contributed by atoms with E-state index in [1.54, 1.807) is 12.1 Å². The maximum absolute atomic E-state index is 13.6. The highest BCUT2D eigenvalue weighted by molar-refractivity contribution is 7.89. The topological polar surface area (TPSA) is 124 Å². The Kier molecular flexibility index (Phi) is 6.93. The Morgan fingerprint density at radius 3 is 2.59 bits per heavy atom. The van der Waals surface area contributed by atoms with E-state index in [9.17, 15) is 13.2 Å². The summed E-state index contributed by atoms with van der Waals surface area (Å²) in [4.78, 5) is 22.6. The zero-order valence-corrected chi connectivity index (χ0v) is 23.2. The first-order valence-electron chi connectivity index (χ1n) is 14.0. The molecule has 0 radical (unpaired) electrons. The largest absolute Gasteiger partial charge is 0.473 e. The van der Waals surface area contributed by atoms with Crippen LogP contribution in [0.1, 0.15) is 61.0 Å². The van der Waals surface area contributed by atoms with Crippen molar-refractivity contribution in [2.75, 3.05) is 55.0 Å². The molecule has 3 fully saturated rings. The van der Waals surface area contributed by atoms with Gasteiger partial charge in [0.2, 0.25) is 15.9 Å². The highest BCUT2D eigenvalue weighted by Crippen LogP contribution is 2.54. The number of fused-ring (bicyclic) bond motifs is 1. The number of pyridine rings is 1. The lowest BCUT2D eigenvalue weighted by Gasteiger charge is -2.35. The number of sulfonamides is 1. The quantitative estimate of drug-likeness (QED) is 0.432. The van der Waals surface area contributed by atoms with Gasteiger partial charge in [-0.25, -0.2) is 18.1 Å². The number of rotatable bonds is 9. The van der Waals surface area contributed by atoms with Crippen LogP contribution in [0.5, 0.6) is 5.88 Å². The summed E-state index contributed by atoms with van der Waals surface area (Å²) in [6.07, 6.45) is 8.74. The van der Waals surface area contributed by atoms with Crippen LogP contribution in [0.15, 0.2) is 29.2 Å². The van der Waals surface area contributed by atoms with Crippen molar-refractivity contribution in [3.8, 4) is 5.88 Å². The predicted octanol–water partition coefficient (Wildman–Crippen LogP) is 2.91. The molecule has 10 nitrogen and oxygen atoms in total. The molecular weight excluding hydrogens is 518 g/mol. The van der Waals surface area contributed by atoms with Gasteiger partial charge >= 0.3 is 0 Å². The van der Waals surface area contributed by atoms with E-state index in [1.807, 2.05) is 13.1 Å². The van der Waals surface area contributed by atoms with E-state index >= 15 is 0 Å². The van der Waals surface area contributed by atoms with Gasteiger partial charge in [-0.05, 0) is 86.6 Å². The summed E-state index contributed by atoms with van der Waals surface area (Å²) < 4.78 is 34.3. The Morgan fingerprint density at radius 1 is 1.15 bits per heavy atom. The predicted molar refractivity (Wildman–Crippen MR) is 149 cm³/mol. The fourth-order valence-corrected chi connectivity index (χ4v) is 6.84. The molecule has 11 heteroatoms. The van der Waals surface area contributed by atoms with E-state index in [4.69, 9.17) is 9.84 Å². The molecule has 4 aliphatic rings. The van der Waals surface area contributed by atoms with Gasteiger partial charge in [0.1, 0.15) is 17.5 Å². The average molecular weight is 556 g/mol. The van der Waals surface area contributed by atoms with E-state index in [2.05, 4.69) is 24.8 Å². The molecule has 2 saturated carbocycles. The first-order valence-corrected chi connectivity index (χ1v) is 15.5. The van der Waals surface area contributed by atoms with Crippen molar-refractivity contribution in [1.82, 2.24) is 9.71 Å². The zero-order chi connectivity index (χ0) is 27.2. The van der Waals surface area contributed by atoms with Gasteiger partial charge in [0, 0.05) is 33.2 Å². The zero-order valence-electron chi connectivity index (χ0n) is 22.4. The van der Waals surface area contributed by atoms with Crippen LogP contribution in [0, 0.1) is 5.41 Å². The van der Waals surface area contributed by atoms with Gasteiger partial charge in [0.15, 0.2) is 0 Å². The van der Waals surface area contributed by atoms with Crippen LogP contribution < -0.4 is 24.6 Å². The molecule has 2 aliphatic carbocycles. The van der Waals surface area contributed by atoms with Crippen molar-refractivity contribution in [1.29, 1.82) is 0 Å². The molecule has 210 valence electrons. The lowest BCUT2D eigenvalue weighted by Crippen LogP contribution is -2.35. The maximum atomic E-state index is 13.6. The number of likely N-dealkylation sites (N-methyl/N-ethyl adjacent to an activating group) is 1. The molecule has 39 heavy (non-hydrogen) atoms. The van der Waals surface area contributed by atoms with Crippen LogP contribution in [0.3, 0.4) is 0 Å². The highest BCUT2D eigenvalue weighted by Gasteiger charge is 2.44. The van der Waals surface area contributed by atoms with Crippen LogP contribution in [0.25, 0.3) is 0 Å². The van der Waals surface area contributed by atoms with Crippen molar-refractivity contribution in [2.24, 2.45) is 5.41 Å². The molecule has 1 spiro atoms. The molecule has 0 bridgehead atoms. The second-order valence-corrected chi connectivity index (χ2v) is 13.2. The third-order valence-electron chi connectivity index (χ3n) is 8.75. The normalized spacial score (nSPS) is 20.1. The fourth-order valence-electron chi connectivity index (χ4n) is 5.80. The molecule has 6 rings (SSSR count). The maximum Gasteiger partial charge on any atom is 0.274 e. The minimum absolute atomic E-state index is 0.0627. The number of aliphatic hydroxyl groups excluding tert-OH is 1. The summed E-state index contributed by atoms with van der Waals surface area (Å²) in [6, 6.07) is 6.60. The fraction of sp³-hybridized carbons (Fsp3) is 0.571. The summed E-state index contributed by atoms with van der Waals surface area (Å²) >= 11 is 0. The first kappa shape index (κ1) is 26.3. The lowest BCUT2D eigenvalue weighted by atomic mass is 9.93. The summed E-state index contributed by atoms with van der Waals surface area (Å²) in [5.74, 6) is 0.168. The number of benzene rings is 1. The smallest absolute Gasteiger partial charge is 0.274 e. The first-order chi connectivity index (χ1) is 18.8. The summed E-state index contributed by atoms with van der Waals surface area (Å²) in [6.45, 7) is 2.11.